The molecule has 0 aromatic heterocycles. The third-order valence-corrected chi connectivity index (χ3v) is 4.78. The molecule has 0 amide bonds. The molecule has 2 bridgehead atoms. The molecule has 0 aliphatic carbocycles. The number of hydrogen-bond donors (Lipinski definition) is 1. The van der Waals surface area contributed by atoms with Gasteiger partial charge in [0.05, 0.1) is 30.4 Å². The van der Waals surface area contributed by atoms with E-state index in [1.165, 1.54) is 7.11 Å². The van der Waals surface area contributed by atoms with Crippen molar-refractivity contribution in [3.05, 3.63) is 28.8 Å². The van der Waals surface area contributed by atoms with E-state index in [-0.39, 0.29) is 12.2 Å². The van der Waals surface area contributed by atoms with Crippen LogP contribution in [0.3, 0.4) is 0 Å². The molecule has 4 unspecified atom stereocenters. The number of ether oxygens (including phenoxy) is 2. The minimum Gasteiger partial charge on any atom is -0.496 e. The minimum atomic E-state index is -1.01. The predicted molar refractivity (Wildman–Crippen MR) is 73.5 cm³/mol. The Labute approximate surface area is 122 Å². The number of benzene rings is 1. The number of hydrogen-bond acceptors (Lipinski definition) is 4. The van der Waals surface area contributed by atoms with Crippen molar-refractivity contribution in [2.45, 2.75) is 37.6 Å². The van der Waals surface area contributed by atoms with Gasteiger partial charge >= 0.3 is 0 Å². The number of aliphatic hydroxyl groups excluding tert-OH is 1. The average molecular weight is 294 g/mol. The lowest BCUT2D eigenvalue weighted by molar-refractivity contribution is 0.00241. The first-order valence-electron chi connectivity index (χ1n) is 6.69. The van der Waals surface area contributed by atoms with Crippen LogP contribution in [0.1, 0.15) is 30.9 Å². The van der Waals surface area contributed by atoms with Gasteiger partial charge in [-0.2, -0.15) is 5.26 Å². The van der Waals surface area contributed by atoms with Gasteiger partial charge in [0.2, 0.25) is 0 Å². The second-order valence-electron chi connectivity index (χ2n) is 5.44. The second-order valence-corrected chi connectivity index (χ2v) is 5.85. The normalized spacial score (nSPS) is 32.9. The monoisotopic (exact) mass is 293 g/mol. The van der Waals surface area contributed by atoms with Crippen LogP contribution in [-0.2, 0) is 4.74 Å². The van der Waals surface area contributed by atoms with Crippen molar-refractivity contribution in [1.82, 2.24) is 0 Å². The van der Waals surface area contributed by atoms with Crippen LogP contribution in [0, 0.1) is 16.7 Å². The van der Waals surface area contributed by atoms with Gasteiger partial charge in [-0.3, -0.25) is 0 Å². The summed E-state index contributed by atoms with van der Waals surface area (Å²) in [4.78, 5) is 0. The minimum absolute atomic E-state index is 0.0720. The quantitative estimate of drug-likeness (QED) is 0.931. The molecule has 2 fully saturated rings. The number of nitrogens with zero attached hydrogens (tertiary/aromatic N) is 1. The average Bonchev–Trinajstić information content (AvgIpc) is 3.07. The van der Waals surface area contributed by atoms with Gasteiger partial charge in [0.25, 0.3) is 0 Å². The number of aliphatic hydroxyl groups is 1. The number of methoxy groups -OCH3 is 1. The van der Waals surface area contributed by atoms with E-state index in [9.17, 15) is 10.4 Å². The van der Waals surface area contributed by atoms with Gasteiger partial charge in [0, 0.05) is 5.56 Å². The van der Waals surface area contributed by atoms with Crippen molar-refractivity contribution in [1.29, 1.82) is 5.26 Å². The van der Waals surface area contributed by atoms with Crippen LogP contribution in [-0.4, -0.2) is 24.4 Å². The highest BCUT2D eigenvalue weighted by molar-refractivity contribution is 6.31. The van der Waals surface area contributed by atoms with Gasteiger partial charge in [-0.05, 0) is 31.4 Å². The van der Waals surface area contributed by atoms with E-state index in [2.05, 4.69) is 6.07 Å². The van der Waals surface area contributed by atoms with E-state index in [4.69, 9.17) is 21.1 Å². The molecule has 4 nitrogen and oxygen atoms in total. The van der Waals surface area contributed by atoms with Crippen LogP contribution in [0.2, 0.25) is 5.02 Å². The zero-order valence-electron chi connectivity index (χ0n) is 11.2. The number of nitriles is 1. The summed E-state index contributed by atoms with van der Waals surface area (Å²) < 4.78 is 11.1. The Kier molecular flexibility index (Phi) is 3.37. The molecule has 2 aliphatic heterocycles. The van der Waals surface area contributed by atoms with Gasteiger partial charge in [-0.15, -0.1) is 0 Å². The van der Waals surface area contributed by atoms with Crippen LogP contribution in [0.4, 0.5) is 0 Å². The topological polar surface area (TPSA) is 62.5 Å². The van der Waals surface area contributed by atoms with Crippen LogP contribution >= 0.6 is 11.6 Å². The smallest absolute Gasteiger partial charge is 0.126 e. The summed E-state index contributed by atoms with van der Waals surface area (Å²) in [5.74, 6) is 0.502. The zero-order valence-corrected chi connectivity index (χ0v) is 11.9. The fourth-order valence-corrected chi connectivity index (χ4v) is 3.70. The van der Waals surface area contributed by atoms with E-state index < -0.39 is 11.5 Å². The molecular weight excluding hydrogens is 278 g/mol. The van der Waals surface area contributed by atoms with Crippen molar-refractivity contribution < 1.29 is 14.6 Å². The molecular formula is C15H16ClNO3. The molecule has 2 heterocycles. The van der Waals surface area contributed by atoms with E-state index >= 15 is 0 Å². The molecule has 2 aliphatic rings. The SMILES string of the molecule is COc1cccc(Cl)c1C(O)C1(C#N)CC2CCC1O2. The van der Waals surface area contributed by atoms with Crippen molar-refractivity contribution in [2.24, 2.45) is 5.41 Å². The Balaban J connectivity index is 2.05. The van der Waals surface area contributed by atoms with Crippen LogP contribution < -0.4 is 4.74 Å². The molecule has 0 radical (unpaired) electrons. The number of fused-ring (bicyclic) bond motifs is 2. The Bertz CT molecular complexity index is 571. The van der Waals surface area contributed by atoms with Crippen LogP contribution in [0.15, 0.2) is 18.2 Å². The molecule has 4 atom stereocenters. The third-order valence-electron chi connectivity index (χ3n) is 4.45. The first kappa shape index (κ1) is 13.7. The molecule has 5 heteroatoms. The highest BCUT2D eigenvalue weighted by Crippen LogP contribution is 2.55. The predicted octanol–water partition coefficient (Wildman–Crippen LogP) is 2.84. The Morgan fingerprint density at radius 1 is 1.55 bits per heavy atom. The summed E-state index contributed by atoms with van der Waals surface area (Å²) in [7, 11) is 1.53. The van der Waals surface area contributed by atoms with Gasteiger partial charge in [0.1, 0.15) is 17.3 Å². The highest BCUT2D eigenvalue weighted by atomic mass is 35.5. The molecule has 3 rings (SSSR count). The fourth-order valence-electron chi connectivity index (χ4n) is 3.43. The lowest BCUT2D eigenvalue weighted by atomic mass is 9.69. The Hall–Kier alpha value is -1.28. The zero-order chi connectivity index (χ0) is 14.3. The summed E-state index contributed by atoms with van der Waals surface area (Å²) in [5, 5.41) is 20.9. The molecule has 1 N–H and O–H groups in total. The van der Waals surface area contributed by atoms with Crippen molar-refractivity contribution in [3.63, 3.8) is 0 Å². The highest BCUT2D eigenvalue weighted by Gasteiger charge is 2.58. The van der Waals surface area contributed by atoms with Crippen LogP contribution in [0.25, 0.3) is 0 Å². The van der Waals surface area contributed by atoms with Crippen LogP contribution in [0.5, 0.6) is 5.75 Å². The molecule has 1 aromatic carbocycles. The van der Waals surface area contributed by atoms with E-state index in [1.54, 1.807) is 18.2 Å². The van der Waals surface area contributed by atoms with Gasteiger partial charge < -0.3 is 14.6 Å². The summed E-state index contributed by atoms with van der Waals surface area (Å²) >= 11 is 6.21. The molecule has 2 saturated heterocycles. The maximum atomic E-state index is 10.8. The lowest BCUT2D eigenvalue weighted by Crippen LogP contribution is -2.37. The summed E-state index contributed by atoms with van der Waals surface area (Å²) in [6.45, 7) is 0. The Morgan fingerprint density at radius 3 is 2.90 bits per heavy atom. The van der Waals surface area contributed by atoms with Crippen molar-refractivity contribution in [3.8, 4) is 11.8 Å². The third kappa shape index (κ3) is 1.81. The maximum absolute atomic E-state index is 10.8. The first-order chi connectivity index (χ1) is 9.62. The van der Waals surface area contributed by atoms with Gasteiger partial charge in [-0.1, -0.05) is 17.7 Å². The number of rotatable bonds is 3. The molecule has 106 valence electrons. The largest absolute Gasteiger partial charge is 0.496 e. The molecule has 20 heavy (non-hydrogen) atoms. The van der Waals surface area contributed by atoms with Gasteiger partial charge in [-0.25, -0.2) is 0 Å². The molecule has 0 spiro atoms. The molecule has 0 saturated carbocycles. The number of halogens is 1. The van der Waals surface area contributed by atoms with Gasteiger partial charge in [0.15, 0.2) is 0 Å². The summed E-state index contributed by atoms with van der Waals surface area (Å²) in [6, 6.07) is 7.49. The first-order valence-corrected chi connectivity index (χ1v) is 7.07. The fraction of sp³-hybridized carbons (Fsp3) is 0.533. The lowest BCUT2D eigenvalue weighted by Gasteiger charge is -2.34. The Morgan fingerprint density at radius 2 is 2.35 bits per heavy atom. The standard InChI is InChI=1S/C15H16ClNO3/c1-19-11-4-2-3-10(16)13(11)14(18)15(8-17)7-9-5-6-12(15)20-9/h2-4,9,12,14,18H,5-7H2,1H3. The van der Waals surface area contributed by atoms with Crippen molar-refractivity contribution >= 4 is 11.6 Å². The second kappa shape index (κ2) is 4.92. The van der Waals surface area contributed by atoms with E-state index in [0.717, 1.165) is 12.8 Å². The van der Waals surface area contributed by atoms with E-state index in [0.29, 0.717) is 22.8 Å². The van der Waals surface area contributed by atoms with Crippen molar-refractivity contribution in [2.75, 3.05) is 7.11 Å². The summed E-state index contributed by atoms with van der Waals surface area (Å²) in [5.41, 5.74) is -0.448. The molecule has 1 aromatic rings. The maximum Gasteiger partial charge on any atom is 0.126 e. The van der Waals surface area contributed by atoms with E-state index in [1.807, 2.05) is 0 Å². The summed E-state index contributed by atoms with van der Waals surface area (Å²) in [6.07, 6.45) is 1.15.